The van der Waals surface area contributed by atoms with Crippen molar-refractivity contribution in [3.05, 3.63) is 0 Å². The Balaban J connectivity index is 2.62. The third-order valence-electron chi connectivity index (χ3n) is 3.22. The van der Waals surface area contributed by atoms with Gasteiger partial charge in [0.05, 0.1) is 12.7 Å². The summed E-state index contributed by atoms with van der Waals surface area (Å²) in [7, 11) is 1.46. The van der Waals surface area contributed by atoms with Crippen molar-refractivity contribution in [1.29, 1.82) is 5.41 Å². The normalized spacial score (nSPS) is 32.0. The zero-order valence-corrected chi connectivity index (χ0v) is 12.8. The molecule has 1 aliphatic heterocycles. The van der Waals surface area contributed by atoms with Crippen LogP contribution in [0, 0.1) is 5.41 Å². The van der Waals surface area contributed by atoms with E-state index in [0.29, 0.717) is 0 Å². The third kappa shape index (κ3) is 5.27. The van der Waals surface area contributed by atoms with Crippen LogP contribution in [0.15, 0.2) is 0 Å². The average Bonchev–Trinajstić information content (AvgIpc) is 2.46. The predicted molar refractivity (Wildman–Crippen MR) is 75.4 cm³/mol. The second kappa shape index (κ2) is 8.38. The molecule has 0 aromatic rings. The molecule has 134 valence electrons. The minimum Gasteiger partial charge on any atom is -0.440 e. The number of carbonyl (C=O) groups excluding carboxylic acids is 1. The van der Waals surface area contributed by atoms with Gasteiger partial charge in [-0.3, -0.25) is 10.7 Å². The van der Waals surface area contributed by atoms with Crippen LogP contribution in [0.3, 0.4) is 0 Å². The van der Waals surface area contributed by atoms with Gasteiger partial charge < -0.3 is 39.9 Å². The summed E-state index contributed by atoms with van der Waals surface area (Å²) in [5, 5.41) is 56.9. The molecule has 0 saturated carbocycles. The number of carbonyl (C=O) groups is 1. The molecule has 23 heavy (non-hydrogen) atoms. The van der Waals surface area contributed by atoms with Gasteiger partial charge in [0.1, 0.15) is 18.3 Å². The number of likely N-dealkylation sites (N-methyl/N-ethyl adjacent to an activating group) is 1. The molecule has 0 aliphatic carbocycles. The molecular weight excluding hydrogens is 314 g/mol. The molecule has 1 aliphatic rings. The van der Waals surface area contributed by atoms with Gasteiger partial charge in [-0.05, 0) is 6.92 Å². The fourth-order valence-corrected chi connectivity index (χ4v) is 2.04. The van der Waals surface area contributed by atoms with Crippen molar-refractivity contribution in [2.45, 2.75) is 43.7 Å². The van der Waals surface area contributed by atoms with Crippen molar-refractivity contribution in [3.63, 3.8) is 0 Å². The standard InChI is InChI=1S/C12H23N3O8/c1-5(17)3-15(2)11(13)14-12(21)23-9-7(18)6(4-16)22-10(20)8(9)19/h5-10,16-20H,3-4H2,1-2H3,(H2,13,14,21)/t5?,6-,7-,8-,9+,10-/m1/s1. The summed E-state index contributed by atoms with van der Waals surface area (Å²) in [6.07, 6.45) is -9.68. The summed E-state index contributed by atoms with van der Waals surface area (Å²) in [4.78, 5) is 13.0. The molecule has 1 unspecified atom stereocenters. The monoisotopic (exact) mass is 337 g/mol. The van der Waals surface area contributed by atoms with Crippen LogP contribution in [0.25, 0.3) is 0 Å². The van der Waals surface area contributed by atoms with E-state index in [0.717, 1.165) is 0 Å². The highest BCUT2D eigenvalue weighted by molar-refractivity contribution is 5.92. The van der Waals surface area contributed by atoms with Crippen molar-refractivity contribution < 1.29 is 39.8 Å². The van der Waals surface area contributed by atoms with E-state index in [1.165, 1.54) is 18.9 Å². The van der Waals surface area contributed by atoms with Crippen LogP contribution in [0.4, 0.5) is 4.79 Å². The van der Waals surface area contributed by atoms with E-state index < -0.39 is 49.5 Å². The fourth-order valence-electron chi connectivity index (χ4n) is 2.04. The third-order valence-corrected chi connectivity index (χ3v) is 3.22. The molecule has 1 amide bonds. The van der Waals surface area contributed by atoms with Crippen LogP contribution < -0.4 is 5.32 Å². The molecule has 0 aromatic heterocycles. The van der Waals surface area contributed by atoms with Gasteiger partial charge in [0.15, 0.2) is 18.4 Å². The molecule has 1 saturated heterocycles. The molecule has 1 heterocycles. The zero-order chi connectivity index (χ0) is 17.7. The van der Waals surface area contributed by atoms with Crippen molar-refractivity contribution in [1.82, 2.24) is 10.2 Å². The van der Waals surface area contributed by atoms with Crippen LogP contribution >= 0.6 is 0 Å². The van der Waals surface area contributed by atoms with Crippen LogP contribution in [-0.2, 0) is 9.47 Å². The molecule has 1 fully saturated rings. The highest BCUT2D eigenvalue weighted by Gasteiger charge is 2.46. The quantitative estimate of drug-likeness (QED) is 0.205. The Bertz CT molecular complexity index is 421. The van der Waals surface area contributed by atoms with E-state index in [1.54, 1.807) is 0 Å². The number of hydrogen-bond acceptors (Lipinski definition) is 9. The summed E-state index contributed by atoms with van der Waals surface area (Å²) in [5.41, 5.74) is 0. The average molecular weight is 337 g/mol. The molecule has 0 bridgehead atoms. The lowest BCUT2D eigenvalue weighted by Crippen LogP contribution is -2.60. The Hall–Kier alpha value is -1.50. The van der Waals surface area contributed by atoms with Gasteiger partial charge in [0.2, 0.25) is 0 Å². The molecule has 7 N–H and O–H groups in total. The van der Waals surface area contributed by atoms with Gasteiger partial charge in [-0.1, -0.05) is 0 Å². The number of nitrogens with one attached hydrogen (secondary N) is 2. The Morgan fingerprint density at radius 1 is 1.39 bits per heavy atom. The van der Waals surface area contributed by atoms with Gasteiger partial charge in [-0.25, -0.2) is 4.79 Å². The maximum absolute atomic E-state index is 11.7. The summed E-state index contributed by atoms with van der Waals surface area (Å²) in [5.74, 6) is -0.369. The Morgan fingerprint density at radius 3 is 2.52 bits per heavy atom. The second-order valence-corrected chi connectivity index (χ2v) is 5.30. The van der Waals surface area contributed by atoms with Gasteiger partial charge in [0, 0.05) is 13.6 Å². The van der Waals surface area contributed by atoms with Gasteiger partial charge in [0.25, 0.3) is 0 Å². The van der Waals surface area contributed by atoms with E-state index in [-0.39, 0.29) is 12.5 Å². The lowest BCUT2D eigenvalue weighted by Gasteiger charge is -2.39. The zero-order valence-electron chi connectivity index (χ0n) is 12.8. The molecule has 0 spiro atoms. The largest absolute Gasteiger partial charge is 0.440 e. The number of amides is 1. The summed E-state index contributed by atoms with van der Waals surface area (Å²) >= 11 is 0. The molecule has 1 rings (SSSR count). The number of rotatable bonds is 4. The van der Waals surface area contributed by atoms with E-state index in [1.807, 2.05) is 0 Å². The molecule has 11 nitrogen and oxygen atoms in total. The highest BCUT2D eigenvalue weighted by Crippen LogP contribution is 2.22. The molecular formula is C12H23N3O8. The second-order valence-electron chi connectivity index (χ2n) is 5.30. The number of hydrogen-bond donors (Lipinski definition) is 7. The number of aliphatic hydroxyl groups excluding tert-OH is 5. The fraction of sp³-hybridized carbons (Fsp3) is 0.833. The highest BCUT2D eigenvalue weighted by atomic mass is 16.7. The van der Waals surface area contributed by atoms with Crippen molar-refractivity contribution in [2.24, 2.45) is 0 Å². The number of aliphatic hydroxyl groups is 5. The van der Waals surface area contributed by atoms with Crippen molar-refractivity contribution >= 4 is 12.1 Å². The first kappa shape index (κ1) is 19.5. The number of guanidine groups is 1. The Labute approximate surface area is 132 Å². The molecule has 11 heteroatoms. The number of alkyl carbamates (subject to hydrolysis) is 1. The molecule has 0 aromatic carbocycles. The first-order valence-corrected chi connectivity index (χ1v) is 6.93. The maximum atomic E-state index is 11.7. The van der Waals surface area contributed by atoms with E-state index >= 15 is 0 Å². The maximum Gasteiger partial charge on any atom is 0.414 e. The number of ether oxygens (including phenoxy) is 2. The topological polar surface area (TPSA) is 176 Å². The lowest BCUT2D eigenvalue weighted by molar-refractivity contribution is -0.285. The molecule has 0 radical (unpaired) electrons. The van der Waals surface area contributed by atoms with Gasteiger partial charge in [-0.15, -0.1) is 0 Å². The smallest absolute Gasteiger partial charge is 0.414 e. The predicted octanol–water partition coefficient (Wildman–Crippen LogP) is -3.24. The van der Waals surface area contributed by atoms with Crippen molar-refractivity contribution in [2.75, 3.05) is 20.2 Å². The van der Waals surface area contributed by atoms with Gasteiger partial charge >= 0.3 is 6.09 Å². The van der Waals surface area contributed by atoms with Crippen LogP contribution in [0.1, 0.15) is 6.92 Å². The SMILES string of the molecule is CC(O)CN(C)C(=N)NC(=O)O[C@@H]1[C@@H](O)[C@H](O)O[C@H](CO)[C@H]1O. The lowest BCUT2D eigenvalue weighted by atomic mass is 9.99. The number of nitrogens with zero attached hydrogens (tertiary/aromatic N) is 1. The minimum absolute atomic E-state index is 0.0902. The van der Waals surface area contributed by atoms with Crippen LogP contribution in [0.5, 0.6) is 0 Å². The van der Waals surface area contributed by atoms with E-state index in [2.05, 4.69) is 5.32 Å². The summed E-state index contributed by atoms with van der Waals surface area (Å²) in [6.45, 7) is 0.944. The molecule has 6 atom stereocenters. The summed E-state index contributed by atoms with van der Waals surface area (Å²) in [6, 6.07) is 0. The van der Waals surface area contributed by atoms with Crippen molar-refractivity contribution in [3.8, 4) is 0 Å². The van der Waals surface area contributed by atoms with Gasteiger partial charge in [-0.2, -0.15) is 0 Å². The minimum atomic E-state index is -1.74. The van der Waals surface area contributed by atoms with Crippen LogP contribution in [-0.4, -0.2) is 99.5 Å². The summed E-state index contributed by atoms with van der Waals surface area (Å²) < 4.78 is 9.56. The van der Waals surface area contributed by atoms with E-state index in [9.17, 15) is 25.2 Å². The first-order valence-electron chi connectivity index (χ1n) is 6.93. The van der Waals surface area contributed by atoms with E-state index in [4.69, 9.17) is 20.0 Å². The Morgan fingerprint density at radius 2 is 2.00 bits per heavy atom. The first-order chi connectivity index (χ1) is 10.7. The Kier molecular flexibility index (Phi) is 7.12. The van der Waals surface area contributed by atoms with Crippen LogP contribution in [0.2, 0.25) is 0 Å².